The smallest absolute Gasteiger partial charge is 0.236 e. The summed E-state index contributed by atoms with van der Waals surface area (Å²) in [4.78, 5) is 18.8. The summed E-state index contributed by atoms with van der Waals surface area (Å²) in [5.74, 6) is 1.90. The molecule has 1 aliphatic carbocycles. The second-order valence-electron chi connectivity index (χ2n) is 4.84. The lowest BCUT2D eigenvalue weighted by atomic mass is 10.2. The second kappa shape index (κ2) is 4.76. The van der Waals surface area contributed by atoms with Crippen molar-refractivity contribution in [1.29, 1.82) is 0 Å². The summed E-state index contributed by atoms with van der Waals surface area (Å²) in [6.07, 6.45) is 1.01. The van der Waals surface area contributed by atoms with Crippen molar-refractivity contribution in [2.45, 2.75) is 13.3 Å². The first kappa shape index (κ1) is 11.8. The summed E-state index contributed by atoms with van der Waals surface area (Å²) in [6.45, 7) is 2.95. The van der Waals surface area contributed by atoms with Crippen molar-refractivity contribution < 1.29 is 4.79 Å². The normalized spacial score (nSPS) is 25.7. The van der Waals surface area contributed by atoms with Gasteiger partial charge in [0, 0.05) is 11.7 Å². The molecule has 2 atom stereocenters. The minimum absolute atomic E-state index is 0.189. The first-order valence-electron chi connectivity index (χ1n) is 6.33. The third kappa shape index (κ3) is 2.17. The van der Waals surface area contributed by atoms with Crippen LogP contribution in [-0.2, 0) is 4.79 Å². The number of benzene rings is 1. The average Bonchev–Trinajstić information content (AvgIpc) is 2.90. The van der Waals surface area contributed by atoms with Crippen LogP contribution in [0.4, 0.5) is 5.69 Å². The Kier molecular flexibility index (Phi) is 3.12. The number of para-hydroxylation sites is 1. The minimum Gasteiger partial charge on any atom is -0.274 e. The van der Waals surface area contributed by atoms with Crippen LogP contribution >= 0.6 is 11.8 Å². The van der Waals surface area contributed by atoms with Gasteiger partial charge in [0.2, 0.25) is 5.91 Å². The van der Waals surface area contributed by atoms with E-state index in [-0.39, 0.29) is 11.8 Å². The van der Waals surface area contributed by atoms with E-state index in [1.165, 1.54) is 0 Å². The third-order valence-electron chi connectivity index (χ3n) is 3.42. The maximum atomic E-state index is 12.5. The molecule has 0 N–H and O–H groups in total. The summed E-state index contributed by atoms with van der Waals surface area (Å²) in [5, 5.41) is 0.866. The quantitative estimate of drug-likeness (QED) is 0.819. The number of carbonyl (C=O) groups excluding carboxylic acids is 1. The topological polar surface area (TPSA) is 32.7 Å². The SMILES string of the molecule is C[C@H]1C[C@@H]1C(=O)N(C1=NCCS1)c1ccccc1. The number of amidine groups is 1. The molecule has 0 spiro atoms. The number of anilines is 1. The lowest BCUT2D eigenvalue weighted by molar-refractivity contribution is -0.119. The van der Waals surface area contributed by atoms with E-state index in [0.29, 0.717) is 5.92 Å². The van der Waals surface area contributed by atoms with Crippen LogP contribution in [0.25, 0.3) is 0 Å². The molecular weight excluding hydrogens is 244 g/mol. The van der Waals surface area contributed by atoms with Gasteiger partial charge in [-0.2, -0.15) is 0 Å². The molecule has 0 bridgehead atoms. The van der Waals surface area contributed by atoms with E-state index in [0.717, 1.165) is 29.6 Å². The van der Waals surface area contributed by atoms with Crippen LogP contribution < -0.4 is 4.90 Å². The Hall–Kier alpha value is -1.29. The molecule has 3 nitrogen and oxygen atoms in total. The number of rotatable bonds is 2. The standard InChI is InChI=1S/C14H16N2OS/c1-10-9-12(10)13(17)16(14-15-7-8-18-14)11-5-3-2-4-6-11/h2-6,10,12H,7-9H2,1H3/t10-,12-/m0/s1. The predicted molar refractivity (Wildman–Crippen MR) is 76.0 cm³/mol. The zero-order valence-electron chi connectivity index (χ0n) is 10.4. The lowest BCUT2D eigenvalue weighted by Gasteiger charge is -2.22. The van der Waals surface area contributed by atoms with Gasteiger partial charge in [-0.3, -0.25) is 14.7 Å². The molecular formula is C14H16N2OS. The zero-order chi connectivity index (χ0) is 12.5. The van der Waals surface area contributed by atoms with Crippen molar-refractivity contribution in [3.05, 3.63) is 30.3 Å². The van der Waals surface area contributed by atoms with E-state index in [1.54, 1.807) is 11.8 Å². The van der Waals surface area contributed by atoms with Crippen LogP contribution in [0, 0.1) is 11.8 Å². The first-order chi connectivity index (χ1) is 8.77. The first-order valence-corrected chi connectivity index (χ1v) is 7.32. The Bertz CT molecular complexity index is 486. The van der Waals surface area contributed by atoms with Crippen LogP contribution in [0.1, 0.15) is 13.3 Å². The number of hydrogen-bond donors (Lipinski definition) is 0. The summed E-state index contributed by atoms with van der Waals surface area (Å²) in [7, 11) is 0. The van der Waals surface area contributed by atoms with E-state index in [9.17, 15) is 4.79 Å². The van der Waals surface area contributed by atoms with Gasteiger partial charge >= 0.3 is 0 Å². The highest BCUT2D eigenvalue weighted by Crippen LogP contribution is 2.41. The molecule has 1 aromatic carbocycles. The van der Waals surface area contributed by atoms with Gasteiger partial charge in [0.05, 0.1) is 12.2 Å². The van der Waals surface area contributed by atoms with Crippen molar-refractivity contribution >= 4 is 28.5 Å². The highest BCUT2D eigenvalue weighted by molar-refractivity contribution is 8.14. The molecule has 1 aliphatic heterocycles. The van der Waals surface area contributed by atoms with Gasteiger partial charge < -0.3 is 0 Å². The van der Waals surface area contributed by atoms with Crippen LogP contribution in [0.5, 0.6) is 0 Å². The Labute approximate surface area is 111 Å². The molecule has 0 saturated heterocycles. The second-order valence-corrected chi connectivity index (χ2v) is 5.90. The van der Waals surface area contributed by atoms with Gasteiger partial charge in [0.25, 0.3) is 0 Å². The highest BCUT2D eigenvalue weighted by Gasteiger charge is 2.43. The summed E-state index contributed by atoms with van der Waals surface area (Å²) >= 11 is 1.68. The van der Waals surface area contributed by atoms with E-state index in [4.69, 9.17) is 0 Å². The number of thioether (sulfide) groups is 1. The predicted octanol–water partition coefficient (Wildman–Crippen LogP) is 2.78. The Balaban J connectivity index is 1.91. The molecule has 18 heavy (non-hydrogen) atoms. The minimum atomic E-state index is 0.189. The molecule has 94 valence electrons. The largest absolute Gasteiger partial charge is 0.274 e. The van der Waals surface area contributed by atoms with Gasteiger partial charge in [-0.05, 0) is 24.5 Å². The van der Waals surface area contributed by atoms with E-state index >= 15 is 0 Å². The molecule has 0 aromatic heterocycles. The number of aliphatic imine (C=N–C) groups is 1. The number of hydrogen-bond acceptors (Lipinski definition) is 3. The molecule has 1 aromatic rings. The highest BCUT2D eigenvalue weighted by atomic mass is 32.2. The summed E-state index contributed by atoms with van der Waals surface area (Å²) in [6, 6.07) is 9.85. The summed E-state index contributed by atoms with van der Waals surface area (Å²) in [5.41, 5.74) is 0.940. The fourth-order valence-electron chi connectivity index (χ4n) is 2.20. The van der Waals surface area contributed by atoms with Gasteiger partial charge in [-0.1, -0.05) is 36.9 Å². The average molecular weight is 260 g/mol. The van der Waals surface area contributed by atoms with Crippen molar-refractivity contribution in [3.63, 3.8) is 0 Å². The summed E-state index contributed by atoms with van der Waals surface area (Å²) < 4.78 is 0. The maximum Gasteiger partial charge on any atom is 0.236 e. The zero-order valence-corrected chi connectivity index (χ0v) is 11.2. The lowest BCUT2D eigenvalue weighted by Crippen LogP contribution is -2.36. The van der Waals surface area contributed by atoms with Crippen molar-refractivity contribution in [2.24, 2.45) is 16.8 Å². The van der Waals surface area contributed by atoms with E-state index in [1.807, 2.05) is 35.2 Å². The van der Waals surface area contributed by atoms with E-state index in [2.05, 4.69) is 11.9 Å². The van der Waals surface area contributed by atoms with E-state index < -0.39 is 0 Å². The van der Waals surface area contributed by atoms with Gasteiger partial charge in [0.1, 0.15) is 0 Å². The van der Waals surface area contributed by atoms with Crippen molar-refractivity contribution in [3.8, 4) is 0 Å². The Morgan fingerprint density at radius 2 is 2.11 bits per heavy atom. The van der Waals surface area contributed by atoms with Crippen LogP contribution in [0.2, 0.25) is 0 Å². The fourth-order valence-corrected chi connectivity index (χ4v) is 3.07. The van der Waals surface area contributed by atoms with Crippen LogP contribution in [0.15, 0.2) is 35.3 Å². The third-order valence-corrected chi connectivity index (χ3v) is 4.38. The van der Waals surface area contributed by atoms with Crippen molar-refractivity contribution in [2.75, 3.05) is 17.2 Å². The Morgan fingerprint density at radius 3 is 2.67 bits per heavy atom. The van der Waals surface area contributed by atoms with Gasteiger partial charge in [-0.15, -0.1) is 0 Å². The van der Waals surface area contributed by atoms with Gasteiger partial charge in [0.15, 0.2) is 5.17 Å². The molecule has 0 unspecified atom stereocenters. The molecule has 3 rings (SSSR count). The molecule has 4 heteroatoms. The molecule has 0 radical (unpaired) electrons. The number of carbonyl (C=O) groups is 1. The molecule has 1 fully saturated rings. The molecule has 2 aliphatic rings. The maximum absolute atomic E-state index is 12.5. The fraction of sp³-hybridized carbons (Fsp3) is 0.429. The number of nitrogens with zero attached hydrogens (tertiary/aromatic N) is 2. The molecule has 1 heterocycles. The molecule has 1 amide bonds. The van der Waals surface area contributed by atoms with Crippen LogP contribution in [-0.4, -0.2) is 23.4 Å². The van der Waals surface area contributed by atoms with Crippen LogP contribution in [0.3, 0.4) is 0 Å². The number of amides is 1. The molecule has 1 saturated carbocycles. The van der Waals surface area contributed by atoms with Gasteiger partial charge in [-0.25, -0.2) is 0 Å². The Morgan fingerprint density at radius 1 is 1.39 bits per heavy atom. The monoisotopic (exact) mass is 260 g/mol. The van der Waals surface area contributed by atoms with Crippen molar-refractivity contribution in [1.82, 2.24) is 0 Å².